The fourth-order valence-electron chi connectivity index (χ4n) is 1.82. The summed E-state index contributed by atoms with van der Waals surface area (Å²) in [5.41, 5.74) is 1.73. The van der Waals surface area contributed by atoms with Crippen LogP contribution < -0.4 is 0 Å². The van der Waals surface area contributed by atoms with Gasteiger partial charge in [0.15, 0.2) is 5.78 Å². The number of carbonyl (C=O) groups excluding carboxylic acids is 2. The van der Waals surface area contributed by atoms with Gasteiger partial charge in [0.05, 0.1) is 7.11 Å². The number of esters is 1. The van der Waals surface area contributed by atoms with Crippen molar-refractivity contribution in [3.8, 4) is 0 Å². The average Bonchev–Trinajstić information content (AvgIpc) is 2.98. The Morgan fingerprint density at radius 2 is 2.00 bits per heavy atom. The van der Waals surface area contributed by atoms with Crippen molar-refractivity contribution in [2.45, 2.75) is 39.5 Å². The van der Waals surface area contributed by atoms with Crippen LogP contribution in [0.25, 0.3) is 0 Å². The van der Waals surface area contributed by atoms with Gasteiger partial charge in [-0.1, -0.05) is 20.3 Å². The van der Waals surface area contributed by atoms with Gasteiger partial charge in [-0.2, -0.15) is 0 Å². The summed E-state index contributed by atoms with van der Waals surface area (Å²) >= 11 is 0. The third-order valence-electron chi connectivity index (χ3n) is 2.76. The van der Waals surface area contributed by atoms with Gasteiger partial charge >= 0.3 is 5.97 Å². The molecule has 1 rings (SSSR count). The first-order valence-corrected chi connectivity index (χ1v) is 5.51. The van der Waals surface area contributed by atoms with Gasteiger partial charge in [0, 0.05) is 12.0 Å². The van der Waals surface area contributed by atoms with Gasteiger partial charge < -0.3 is 4.74 Å². The van der Waals surface area contributed by atoms with E-state index in [9.17, 15) is 9.59 Å². The second kappa shape index (κ2) is 5.10. The van der Waals surface area contributed by atoms with E-state index in [-0.39, 0.29) is 17.7 Å². The fourth-order valence-corrected chi connectivity index (χ4v) is 1.82. The number of unbranched alkanes of at least 4 members (excludes halogenated alkanes) is 1. The number of methoxy groups -OCH3 is 1. The molecule has 1 aliphatic carbocycles. The van der Waals surface area contributed by atoms with E-state index in [2.05, 4.69) is 11.7 Å². The van der Waals surface area contributed by atoms with Crippen LogP contribution in [0.5, 0.6) is 0 Å². The van der Waals surface area contributed by atoms with Crippen LogP contribution in [0.1, 0.15) is 39.5 Å². The molecule has 0 aromatic heterocycles. The zero-order chi connectivity index (χ0) is 11.4. The molecule has 1 unspecified atom stereocenters. The van der Waals surface area contributed by atoms with E-state index >= 15 is 0 Å². The lowest BCUT2D eigenvalue weighted by Crippen LogP contribution is -2.09. The van der Waals surface area contributed by atoms with Gasteiger partial charge in [-0.3, -0.25) is 9.59 Å². The second-order valence-corrected chi connectivity index (χ2v) is 3.78. The standard InChI is InChI=1S/C12H18O3/c1-4-6-7-8-10(9(13)5-2)11(8)12(14)15-3/h11H,4-7H2,1-3H3. The van der Waals surface area contributed by atoms with Crippen molar-refractivity contribution >= 4 is 11.8 Å². The molecule has 0 radical (unpaired) electrons. The molecule has 0 saturated heterocycles. The Morgan fingerprint density at radius 1 is 1.33 bits per heavy atom. The molecule has 1 aliphatic rings. The summed E-state index contributed by atoms with van der Waals surface area (Å²) in [6, 6.07) is 0. The molecule has 15 heavy (non-hydrogen) atoms. The number of ketones is 1. The molecule has 0 aliphatic heterocycles. The third kappa shape index (κ3) is 2.46. The minimum atomic E-state index is -0.311. The molecule has 0 amide bonds. The van der Waals surface area contributed by atoms with Crippen molar-refractivity contribution in [1.82, 2.24) is 0 Å². The number of hydrogen-bond acceptors (Lipinski definition) is 3. The van der Waals surface area contributed by atoms with E-state index in [1.165, 1.54) is 7.11 Å². The monoisotopic (exact) mass is 210 g/mol. The third-order valence-corrected chi connectivity index (χ3v) is 2.76. The van der Waals surface area contributed by atoms with Gasteiger partial charge in [0.25, 0.3) is 0 Å². The summed E-state index contributed by atoms with van der Waals surface area (Å²) in [4.78, 5) is 22.9. The number of ether oxygens (including phenoxy) is 1. The quantitative estimate of drug-likeness (QED) is 0.631. The molecule has 84 valence electrons. The van der Waals surface area contributed by atoms with Crippen molar-refractivity contribution in [2.24, 2.45) is 5.92 Å². The van der Waals surface area contributed by atoms with Crippen LogP contribution in [0.3, 0.4) is 0 Å². The summed E-state index contributed by atoms with van der Waals surface area (Å²) in [5.74, 6) is -0.497. The van der Waals surface area contributed by atoms with Crippen molar-refractivity contribution < 1.29 is 14.3 Å². The average molecular weight is 210 g/mol. The van der Waals surface area contributed by atoms with Crippen LogP contribution in [0.4, 0.5) is 0 Å². The highest BCUT2D eigenvalue weighted by atomic mass is 16.5. The van der Waals surface area contributed by atoms with Crippen LogP contribution in [0.15, 0.2) is 11.1 Å². The number of Topliss-reactive ketones (excluding diaryl/α,β-unsaturated/α-hetero) is 1. The smallest absolute Gasteiger partial charge is 0.317 e. The minimum Gasteiger partial charge on any atom is -0.468 e. The van der Waals surface area contributed by atoms with Crippen molar-refractivity contribution in [2.75, 3.05) is 7.11 Å². The van der Waals surface area contributed by atoms with Crippen LogP contribution in [0.2, 0.25) is 0 Å². The highest BCUT2D eigenvalue weighted by Crippen LogP contribution is 2.44. The van der Waals surface area contributed by atoms with E-state index < -0.39 is 0 Å². The van der Waals surface area contributed by atoms with E-state index in [0.29, 0.717) is 6.42 Å². The maximum atomic E-state index is 11.5. The van der Waals surface area contributed by atoms with E-state index in [0.717, 1.165) is 30.4 Å². The molecule has 0 aromatic rings. The predicted octanol–water partition coefficient (Wildman–Crippen LogP) is 2.26. The molecule has 0 N–H and O–H groups in total. The Kier molecular flexibility index (Phi) is 4.06. The van der Waals surface area contributed by atoms with Gasteiger partial charge in [-0.25, -0.2) is 0 Å². The van der Waals surface area contributed by atoms with Gasteiger partial charge in [-0.05, 0) is 18.4 Å². The van der Waals surface area contributed by atoms with Crippen molar-refractivity contribution in [3.63, 3.8) is 0 Å². The molecule has 0 fully saturated rings. The normalized spacial score (nSPS) is 19.0. The molecule has 0 aromatic carbocycles. The maximum absolute atomic E-state index is 11.5. The maximum Gasteiger partial charge on any atom is 0.317 e. The Labute approximate surface area is 90.5 Å². The Bertz CT molecular complexity index is 302. The molecule has 3 nitrogen and oxygen atoms in total. The summed E-state index contributed by atoms with van der Waals surface area (Å²) in [5, 5.41) is 0. The number of carbonyl (C=O) groups is 2. The van der Waals surface area contributed by atoms with Crippen LogP contribution in [0, 0.1) is 5.92 Å². The van der Waals surface area contributed by atoms with Gasteiger partial charge in [-0.15, -0.1) is 0 Å². The zero-order valence-electron chi connectivity index (χ0n) is 9.63. The lowest BCUT2D eigenvalue weighted by Gasteiger charge is -1.98. The largest absolute Gasteiger partial charge is 0.468 e. The van der Waals surface area contributed by atoms with Gasteiger partial charge in [0.1, 0.15) is 5.92 Å². The van der Waals surface area contributed by atoms with E-state index in [1.54, 1.807) is 0 Å². The Morgan fingerprint density at radius 3 is 2.47 bits per heavy atom. The van der Waals surface area contributed by atoms with Crippen LogP contribution >= 0.6 is 0 Å². The highest BCUT2D eigenvalue weighted by molar-refractivity contribution is 6.09. The molecule has 1 atom stereocenters. The minimum absolute atomic E-state index is 0.0940. The predicted molar refractivity (Wildman–Crippen MR) is 57.4 cm³/mol. The van der Waals surface area contributed by atoms with Crippen molar-refractivity contribution in [3.05, 3.63) is 11.1 Å². The Balaban J connectivity index is 2.64. The first-order chi connectivity index (χ1) is 7.17. The Hall–Kier alpha value is -1.12. The fraction of sp³-hybridized carbons (Fsp3) is 0.667. The number of rotatable bonds is 6. The lowest BCUT2D eigenvalue weighted by atomic mass is 10.1. The molecular weight excluding hydrogens is 192 g/mol. The molecule has 0 saturated carbocycles. The summed E-state index contributed by atoms with van der Waals surface area (Å²) < 4.78 is 4.68. The zero-order valence-corrected chi connectivity index (χ0v) is 9.63. The molecule has 0 heterocycles. The van der Waals surface area contributed by atoms with Crippen molar-refractivity contribution in [1.29, 1.82) is 0 Å². The highest BCUT2D eigenvalue weighted by Gasteiger charge is 2.45. The molecule has 0 spiro atoms. The summed E-state index contributed by atoms with van der Waals surface area (Å²) in [7, 11) is 1.37. The van der Waals surface area contributed by atoms with Crippen LogP contribution in [-0.4, -0.2) is 18.9 Å². The summed E-state index contributed by atoms with van der Waals surface area (Å²) in [6.07, 6.45) is 3.43. The molecular formula is C12H18O3. The molecule has 0 bridgehead atoms. The van der Waals surface area contributed by atoms with E-state index in [1.807, 2.05) is 6.92 Å². The second-order valence-electron chi connectivity index (χ2n) is 3.78. The first kappa shape index (κ1) is 12.0. The molecule has 3 heteroatoms. The number of hydrogen-bond donors (Lipinski definition) is 0. The lowest BCUT2D eigenvalue weighted by molar-refractivity contribution is -0.142. The van der Waals surface area contributed by atoms with Crippen LogP contribution in [-0.2, 0) is 14.3 Å². The van der Waals surface area contributed by atoms with Gasteiger partial charge in [0.2, 0.25) is 0 Å². The topological polar surface area (TPSA) is 43.4 Å². The first-order valence-electron chi connectivity index (χ1n) is 5.51. The SMILES string of the molecule is CCCCC1=C(C(=O)CC)C1C(=O)OC. The van der Waals surface area contributed by atoms with E-state index in [4.69, 9.17) is 0 Å². The summed E-state index contributed by atoms with van der Waals surface area (Å²) in [6.45, 7) is 3.91.